The first-order valence-corrected chi connectivity index (χ1v) is 9.26. The van der Waals surface area contributed by atoms with Crippen LogP contribution in [0.3, 0.4) is 0 Å². The standard InChI is InChI=1S/C18H16F2N2O3S/c19-10-3-4-11(12(20)6-10)13-7-26-18(21-13)22-16(23)14-8-1-2-9(5-8)15(14)17(24)25/h3-4,6-9,14-15H,1-2,5H2,(H,24,25)(H,21,22,23)/t8-,9-,14+,15-/m0/s1. The molecule has 1 aromatic heterocycles. The summed E-state index contributed by atoms with van der Waals surface area (Å²) >= 11 is 1.12. The molecule has 5 nitrogen and oxygen atoms in total. The van der Waals surface area contributed by atoms with E-state index < -0.39 is 29.4 Å². The molecular formula is C18H16F2N2O3S. The predicted octanol–water partition coefficient (Wildman–Crippen LogP) is 3.77. The molecular weight excluding hydrogens is 362 g/mol. The van der Waals surface area contributed by atoms with Crippen LogP contribution < -0.4 is 5.32 Å². The van der Waals surface area contributed by atoms with Gasteiger partial charge in [-0.3, -0.25) is 9.59 Å². The molecule has 2 bridgehead atoms. The molecule has 4 atom stereocenters. The van der Waals surface area contributed by atoms with Gasteiger partial charge in [-0.05, 0) is 43.2 Å². The molecule has 0 saturated heterocycles. The number of anilines is 1. The zero-order valence-corrected chi connectivity index (χ0v) is 14.4. The van der Waals surface area contributed by atoms with E-state index in [1.807, 2.05) is 0 Å². The molecule has 26 heavy (non-hydrogen) atoms. The molecule has 1 amide bonds. The minimum atomic E-state index is -0.925. The molecule has 2 fully saturated rings. The molecule has 2 N–H and O–H groups in total. The minimum absolute atomic E-state index is 0.0633. The largest absolute Gasteiger partial charge is 0.481 e. The number of aliphatic carboxylic acids is 1. The molecule has 136 valence electrons. The van der Waals surface area contributed by atoms with Crippen LogP contribution in [0, 0.1) is 35.3 Å². The number of halogens is 2. The molecule has 8 heteroatoms. The second-order valence-electron chi connectivity index (χ2n) is 6.87. The lowest BCUT2D eigenvalue weighted by Gasteiger charge is -2.26. The monoisotopic (exact) mass is 378 g/mol. The number of rotatable bonds is 4. The van der Waals surface area contributed by atoms with Crippen molar-refractivity contribution in [3.05, 3.63) is 35.2 Å². The second kappa shape index (κ2) is 6.42. The minimum Gasteiger partial charge on any atom is -0.481 e. The Morgan fingerprint density at radius 1 is 1.19 bits per heavy atom. The number of carboxylic acids is 1. The fourth-order valence-electron chi connectivity index (χ4n) is 4.36. The van der Waals surface area contributed by atoms with Crippen molar-refractivity contribution in [2.45, 2.75) is 19.3 Å². The lowest BCUT2D eigenvalue weighted by Crippen LogP contribution is -2.37. The number of hydrogen-bond acceptors (Lipinski definition) is 4. The lowest BCUT2D eigenvalue weighted by atomic mass is 9.79. The van der Waals surface area contributed by atoms with Gasteiger partial charge < -0.3 is 10.4 Å². The Balaban J connectivity index is 1.52. The predicted molar refractivity (Wildman–Crippen MR) is 91.5 cm³/mol. The average molecular weight is 378 g/mol. The summed E-state index contributed by atoms with van der Waals surface area (Å²) in [7, 11) is 0. The molecule has 2 aliphatic rings. The van der Waals surface area contributed by atoms with Gasteiger partial charge in [-0.2, -0.15) is 0 Å². The maximum atomic E-state index is 13.9. The number of amides is 1. The Kier molecular flexibility index (Phi) is 4.22. The van der Waals surface area contributed by atoms with Crippen LogP contribution in [0.1, 0.15) is 19.3 Å². The van der Waals surface area contributed by atoms with E-state index in [1.165, 1.54) is 6.07 Å². The lowest BCUT2D eigenvalue weighted by molar-refractivity contribution is -0.148. The second-order valence-corrected chi connectivity index (χ2v) is 7.73. The SMILES string of the molecule is O=C(Nc1nc(-c2ccc(F)cc2F)cs1)[C@@H]1[C@H]2CC[C@@H](C2)[C@@H]1C(=O)O. The summed E-state index contributed by atoms with van der Waals surface area (Å²) in [4.78, 5) is 28.4. The Morgan fingerprint density at radius 2 is 1.92 bits per heavy atom. The quantitative estimate of drug-likeness (QED) is 0.849. The van der Waals surface area contributed by atoms with Crippen molar-refractivity contribution in [2.24, 2.45) is 23.7 Å². The van der Waals surface area contributed by atoms with Gasteiger partial charge in [0.2, 0.25) is 5.91 Å². The van der Waals surface area contributed by atoms with E-state index in [2.05, 4.69) is 10.3 Å². The number of nitrogens with zero attached hydrogens (tertiary/aromatic N) is 1. The summed E-state index contributed by atoms with van der Waals surface area (Å²) in [6.45, 7) is 0. The number of thiazole rings is 1. The smallest absolute Gasteiger partial charge is 0.307 e. The van der Waals surface area contributed by atoms with E-state index in [4.69, 9.17) is 0 Å². The van der Waals surface area contributed by atoms with E-state index in [0.29, 0.717) is 5.69 Å². The van der Waals surface area contributed by atoms with Gasteiger partial charge in [0.05, 0.1) is 17.5 Å². The van der Waals surface area contributed by atoms with Gasteiger partial charge in [-0.25, -0.2) is 13.8 Å². The van der Waals surface area contributed by atoms with Crippen molar-refractivity contribution in [3.63, 3.8) is 0 Å². The highest BCUT2D eigenvalue weighted by Gasteiger charge is 2.54. The maximum Gasteiger partial charge on any atom is 0.307 e. The van der Waals surface area contributed by atoms with Crippen molar-refractivity contribution < 1.29 is 23.5 Å². The number of benzene rings is 1. The summed E-state index contributed by atoms with van der Waals surface area (Å²) < 4.78 is 26.9. The molecule has 0 spiro atoms. The third-order valence-corrected chi connectivity index (χ3v) is 6.20. The maximum absolute atomic E-state index is 13.9. The Labute approximate surface area is 152 Å². The summed E-state index contributed by atoms with van der Waals surface area (Å²) in [5, 5.41) is 14.0. The van der Waals surface area contributed by atoms with Crippen LogP contribution in [-0.2, 0) is 9.59 Å². The summed E-state index contributed by atoms with van der Waals surface area (Å²) in [5.41, 5.74) is 0.442. The van der Waals surface area contributed by atoms with E-state index in [9.17, 15) is 23.5 Å². The fraction of sp³-hybridized carbons (Fsp3) is 0.389. The van der Waals surface area contributed by atoms with Crippen LogP contribution in [0.4, 0.5) is 13.9 Å². The topological polar surface area (TPSA) is 79.3 Å². The van der Waals surface area contributed by atoms with Gasteiger partial charge in [-0.15, -0.1) is 11.3 Å². The zero-order chi connectivity index (χ0) is 18.4. The van der Waals surface area contributed by atoms with Crippen molar-refractivity contribution in [1.29, 1.82) is 0 Å². The first-order valence-electron chi connectivity index (χ1n) is 8.38. The number of carbonyl (C=O) groups excluding carboxylic acids is 1. The molecule has 4 rings (SSSR count). The zero-order valence-electron chi connectivity index (χ0n) is 13.6. The Bertz CT molecular complexity index is 885. The third kappa shape index (κ3) is 2.88. The first-order chi connectivity index (χ1) is 12.4. The van der Waals surface area contributed by atoms with Crippen LogP contribution in [0.5, 0.6) is 0 Å². The van der Waals surface area contributed by atoms with E-state index in [1.54, 1.807) is 5.38 Å². The van der Waals surface area contributed by atoms with Crippen LogP contribution in [0.15, 0.2) is 23.6 Å². The fourth-order valence-corrected chi connectivity index (χ4v) is 5.08. The number of fused-ring (bicyclic) bond motifs is 2. The molecule has 0 unspecified atom stereocenters. The van der Waals surface area contributed by atoms with Gasteiger partial charge in [0.15, 0.2) is 5.13 Å². The molecule has 0 radical (unpaired) electrons. The van der Waals surface area contributed by atoms with Crippen molar-refractivity contribution >= 4 is 28.3 Å². The summed E-state index contributed by atoms with van der Waals surface area (Å²) in [6, 6.07) is 3.21. The highest BCUT2D eigenvalue weighted by Crippen LogP contribution is 2.52. The highest BCUT2D eigenvalue weighted by molar-refractivity contribution is 7.14. The third-order valence-electron chi connectivity index (χ3n) is 5.45. The highest BCUT2D eigenvalue weighted by atomic mass is 32.1. The van der Waals surface area contributed by atoms with Gasteiger partial charge >= 0.3 is 5.97 Å². The van der Waals surface area contributed by atoms with E-state index >= 15 is 0 Å². The van der Waals surface area contributed by atoms with Crippen molar-refractivity contribution in [3.8, 4) is 11.3 Å². The molecule has 2 aromatic rings. The number of carbonyl (C=O) groups is 2. The number of carboxylic acid groups (broad SMARTS) is 1. The Hall–Kier alpha value is -2.35. The van der Waals surface area contributed by atoms with Gasteiger partial charge in [0.25, 0.3) is 0 Å². The molecule has 1 aromatic carbocycles. The summed E-state index contributed by atoms with van der Waals surface area (Å²) in [6.07, 6.45) is 2.51. The van der Waals surface area contributed by atoms with Crippen LogP contribution in [0.2, 0.25) is 0 Å². The number of nitrogens with one attached hydrogen (secondary N) is 1. The number of hydrogen-bond donors (Lipinski definition) is 2. The van der Waals surface area contributed by atoms with Gasteiger partial charge in [-0.1, -0.05) is 0 Å². The van der Waals surface area contributed by atoms with Crippen LogP contribution in [0.25, 0.3) is 11.3 Å². The molecule has 2 aliphatic carbocycles. The van der Waals surface area contributed by atoms with Crippen molar-refractivity contribution in [2.75, 3.05) is 5.32 Å². The van der Waals surface area contributed by atoms with Gasteiger partial charge in [0, 0.05) is 17.0 Å². The van der Waals surface area contributed by atoms with Crippen molar-refractivity contribution in [1.82, 2.24) is 4.98 Å². The first kappa shape index (κ1) is 17.1. The molecule has 0 aliphatic heterocycles. The molecule has 1 heterocycles. The van der Waals surface area contributed by atoms with Crippen LogP contribution >= 0.6 is 11.3 Å². The average Bonchev–Trinajstić information content (AvgIpc) is 3.29. The normalized spacial score (nSPS) is 26.8. The van der Waals surface area contributed by atoms with E-state index in [-0.39, 0.29) is 28.4 Å². The van der Waals surface area contributed by atoms with E-state index in [0.717, 1.165) is 42.7 Å². The molecule has 2 saturated carbocycles. The Morgan fingerprint density at radius 3 is 2.62 bits per heavy atom. The summed E-state index contributed by atoms with van der Waals surface area (Å²) in [5.74, 6) is -3.72. The van der Waals surface area contributed by atoms with Crippen LogP contribution in [-0.4, -0.2) is 22.0 Å². The van der Waals surface area contributed by atoms with Gasteiger partial charge in [0.1, 0.15) is 11.6 Å². The number of aromatic nitrogens is 1.